The van der Waals surface area contributed by atoms with Crippen LogP contribution in [0.5, 0.6) is 0 Å². The molecular weight excluding hydrogens is 198 g/mol. The fourth-order valence-corrected chi connectivity index (χ4v) is 2.55. The molecule has 1 fully saturated rings. The van der Waals surface area contributed by atoms with E-state index in [2.05, 4.69) is 22.9 Å². The first-order chi connectivity index (χ1) is 7.78. The smallest absolute Gasteiger partial charge is 0.123 e. The van der Waals surface area contributed by atoms with Crippen LogP contribution in [0.3, 0.4) is 0 Å². The van der Waals surface area contributed by atoms with Crippen LogP contribution >= 0.6 is 0 Å². The zero-order valence-corrected chi connectivity index (χ0v) is 10.0. The van der Waals surface area contributed by atoms with E-state index in [-0.39, 0.29) is 0 Å². The van der Waals surface area contributed by atoms with Gasteiger partial charge in [-0.2, -0.15) is 0 Å². The molecule has 0 amide bonds. The number of pyridine rings is 1. The van der Waals surface area contributed by atoms with E-state index >= 15 is 0 Å². The molecule has 1 aromatic heterocycles. The van der Waals surface area contributed by atoms with Crippen molar-refractivity contribution in [3.05, 3.63) is 23.9 Å². The fraction of sp³-hybridized carbons (Fsp3) is 0.615. The van der Waals surface area contributed by atoms with Gasteiger partial charge in [0, 0.05) is 19.3 Å². The first-order valence-corrected chi connectivity index (χ1v) is 6.20. The summed E-state index contributed by atoms with van der Waals surface area (Å²) in [6, 6.07) is 4.04. The number of nitrogens with zero attached hydrogens (tertiary/aromatic N) is 2. The second-order valence-electron chi connectivity index (χ2n) is 4.77. The molecule has 0 radical (unpaired) electrons. The highest BCUT2D eigenvalue weighted by atomic mass is 15.1. The van der Waals surface area contributed by atoms with Crippen molar-refractivity contribution in [1.82, 2.24) is 9.88 Å². The van der Waals surface area contributed by atoms with Crippen LogP contribution in [0, 0.1) is 5.92 Å². The van der Waals surface area contributed by atoms with Gasteiger partial charge in [-0.3, -0.25) is 4.90 Å². The number of likely N-dealkylation sites (tertiary alicyclic amines) is 1. The van der Waals surface area contributed by atoms with Crippen LogP contribution in [-0.4, -0.2) is 23.0 Å². The number of rotatable bonds is 4. The van der Waals surface area contributed by atoms with Gasteiger partial charge in [0.15, 0.2) is 0 Å². The summed E-state index contributed by atoms with van der Waals surface area (Å²) in [6.07, 6.45) is 5.83. The lowest BCUT2D eigenvalue weighted by molar-refractivity contribution is 0.313. The van der Waals surface area contributed by atoms with Gasteiger partial charge in [0.2, 0.25) is 0 Å². The summed E-state index contributed by atoms with van der Waals surface area (Å²) >= 11 is 0. The molecule has 1 aliphatic heterocycles. The van der Waals surface area contributed by atoms with Crippen LogP contribution in [0.4, 0.5) is 5.82 Å². The van der Waals surface area contributed by atoms with Crippen molar-refractivity contribution in [2.75, 3.05) is 18.8 Å². The largest absolute Gasteiger partial charge is 0.384 e. The summed E-state index contributed by atoms with van der Waals surface area (Å²) in [5, 5.41) is 0. The summed E-state index contributed by atoms with van der Waals surface area (Å²) in [5.41, 5.74) is 6.96. The van der Waals surface area contributed by atoms with Crippen LogP contribution in [0.1, 0.15) is 31.7 Å². The first-order valence-electron chi connectivity index (χ1n) is 6.20. The zero-order chi connectivity index (χ0) is 11.4. The Balaban J connectivity index is 1.87. The Morgan fingerprint density at radius 1 is 1.56 bits per heavy atom. The van der Waals surface area contributed by atoms with Gasteiger partial charge >= 0.3 is 0 Å². The SMILES string of the molecule is CCCC1CCN(Cc2ccnc(N)c2)C1. The van der Waals surface area contributed by atoms with Gasteiger partial charge in [0.1, 0.15) is 5.82 Å². The predicted molar refractivity (Wildman–Crippen MR) is 66.9 cm³/mol. The lowest BCUT2D eigenvalue weighted by atomic mass is 10.0. The number of nitrogens with two attached hydrogens (primary N) is 1. The van der Waals surface area contributed by atoms with Crippen molar-refractivity contribution >= 4 is 5.82 Å². The lowest BCUT2D eigenvalue weighted by Crippen LogP contribution is -2.20. The molecule has 88 valence electrons. The van der Waals surface area contributed by atoms with Gasteiger partial charge in [-0.15, -0.1) is 0 Å². The third kappa shape index (κ3) is 2.95. The molecule has 1 unspecified atom stereocenters. The Kier molecular flexibility index (Phi) is 3.78. The highest BCUT2D eigenvalue weighted by Gasteiger charge is 2.21. The summed E-state index contributed by atoms with van der Waals surface area (Å²) in [7, 11) is 0. The summed E-state index contributed by atoms with van der Waals surface area (Å²) < 4.78 is 0. The molecule has 3 heteroatoms. The highest BCUT2D eigenvalue weighted by molar-refractivity contribution is 5.31. The minimum atomic E-state index is 0.627. The maximum Gasteiger partial charge on any atom is 0.123 e. The van der Waals surface area contributed by atoms with Crippen molar-refractivity contribution in [2.24, 2.45) is 5.92 Å². The van der Waals surface area contributed by atoms with Gasteiger partial charge in [0.05, 0.1) is 0 Å². The molecule has 0 saturated carbocycles. The quantitative estimate of drug-likeness (QED) is 0.844. The molecule has 16 heavy (non-hydrogen) atoms. The maximum absolute atomic E-state index is 5.68. The van der Waals surface area contributed by atoms with E-state index in [1.54, 1.807) is 6.20 Å². The second-order valence-corrected chi connectivity index (χ2v) is 4.77. The minimum Gasteiger partial charge on any atom is -0.384 e. The van der Waals surface area contributed by atoms with Crippen LogP contribution in [-0.2, 0) is 6.54 Å². The van der Waals surface area contributed by atoms with Crippen molar-refractivity contribution in [2.45, 2.75) is 32.7 Å². The van der Waals surface area contributed by atoms with E-state index in [9.17, 15) is 0 Å². The van der Waals surface area contributed by atoms with E-state index in [4.69, 9.17) is 5.73 Å². The number of hydrogen-bond acceptors (Lipinski definition) is 3. The van der Waals surface area contributed by atoms with Gasteiger partial charge in [-0.25, -0.2) is 4.98 Å². The van der Waals surface area contributed by atoms with Crippen LogP contribution in [0.25, 0.3) is 0 Å². The van der Waals surface area contributed by atoms with Crippen LogP contribution < -0.4 is 5.73 Å². The van der Waals surface area contributed by atoms with Crippen molar-refractivity contribution in [3.8, 4) is 0 Å². The molecule has 1 aromatic rings. The number of anilines is 1. The fourth-order valence-electron chi connectivity index (χ4n) is 2.55. The highest BCUT2D eigenvalue weighted by Crippen LogP contribution is 2.22. The Bertz CT molecular complexity index is 338. The third-order valence-electron chi connectivity index (χ3n) is 3.32. The molecule has 0 spiro atoms. The van der Waals surface area contributed by atoms with Crippen molar-refractivity contribution in [1.29, 1.82) is 0 Å². The molecule has 0 aromatic carbocycles. The zero-order valence-electron chi connectivity index (χ0n) is 10.0. The number of nitrogen functional groups attached to an aromatic ring is 1. The molecule has 0 aliphatic carbocycles. The molecule has 2 rings (SSSR count). The van der Waals surface area contributed by atoms with Gasteiger partial charge in [0.25, 0.3) is 0 Å². The number of aromatic nitrogens is 1. The average Bonchev–Trinajstić information content (AvgIpc) is 2.66. The topological polar surface area (TPSA) is 42.2 Å². The van der Waals surface area contributed by atoms with E-state index < -0.39 is 0 Å². The molecule has 1 saturated heterocycles. The monoisotopic (exact) mass is 219 g/mol. The van der Waals surface area contributed by atoms with Crippen molar-refractivity contribution in [3.63, 3.8) is 0 Å². The Labute approximate surface area is 97.7 Å². The molecule has 1 aliphatic rings. The first kappa shape index (κ1) is 11.4. The van der Waals surface area contributed by atoms with Gasteiger partial charge < -0.3 is 5.73 Å². The van der Waals surface area contributed by atoms with Crippen LogP contribution in [0.15, 0.2) is 18.3 Å². The van der Waals surface area contributed by atoms with Gasteiger partial charge in [-0.05, 0) is 43.0 Å². The predicted octanol–water partition coefficient (Wildman–Crippen LogP) is 2.29. The second kappa shape index (κ2) is 5.30. The summed E-state index contributed by atoms with van der Waals surface area (Å²) in [4.78, 5) is 6.54. The standard InChI is InChI=1S/C13H21N3/c1-2-3-11-5-7-16(9-11)10-12-4-6-15-13(14)8-12/h4,6,8,11H,2-3,5,7,9-10H2,1H3,(H2,14,15). The molecule has 3 nitrogen and oxygen atoms in total. The van der Waals surface area contributed by atoms with E-state index in [0.717, 1.165) is 12.5 Å². The van der Waals surface area contributed by atoms with E-state index in [1.807, 2.05) is 6.07 Å². The lowest BCUT2D eigenvalue weighted by Gasteiger charge is -2.15. The van der Waals surface area contributed by atoms with E-state index in [1.165, 1.54) is 37.9 Å². The molecule has 2 N–H and O–H groups in total. The normalized spacial score (nSPS) is 21.4. The van der Waals surface area contributed by atoms with Crippen molar-refractivity contribution < 1.29 is 0 Å². The minimum absolute atomic E-state index is 0.627. The van der Waals surface area contributed by atoms with E-state index in [0.29, 0.717) is 5.82 Å². The Hall–Kier alpha value is -1.09. The van der Waals surface area contributed by atoms with Crippen LogP contribution in [0.2, 0.25) is 0 Å². The Morgan fingerprint density at radius 3 is 3.19 bits per heavy atom. The molecule has 0 bridgehead atoms. The molecule has 2 heterocycles. The maximum atomic E-state index is 5.68. The van der Waals surface area contributed by atoms with Gasteiger partial charge in [-0.1, -0.05) is 13.3 Å². The summed E-state index contributed by atoms with van der Waals surface area (Å²) in [5.74, 6) is 1.53. The Morgan fingerprint density at radius 2 is 2.44 bits per heavy atom. The third-order valence-corrected chi connectivity index (χ3v) is 3.32. The number of hydrogen-bond donors (Lipinski definition) is 1. The molecule has 1 atom stereocenters. The summed E-state index contributed by atoms with van der Waals surface area (Å²) in [6.45, 7) is 5.77. The molecular formula is C13H21N3. The average molecular weight is 219 g/mol.